The van der Waals surface area contributed by atoms with Gasteiger partial charge in [-0.1, -0.05) is 30.9 Å². The average molecular weight is 471 g/mol. The van der Waals surface area contributed by atoms with Gasteiger partial charge in [-0.25, -0.2) is 9.97 Å². The van der Waals surface area contributed by atoms with Crippen molar-refractivity contribution >= 4 is 23.4 Å². The molecule has 1 spiro atoms. The Balaban J connectivity index is 1.47. The molecule has 0 bridgehead atoms. The third kappa shape index (κ3) is 5.82. The van der Waals surface area contributed by atoms with Crippen LogP contribution in [0.25, 0.3) is 0 Å². The number of ether oxygens (including phenoxy) is 1. The molecule has 1 aromatic heterocycles. The summed E-state index contributed by atoms with van der Waals surface area (Å²) in [7, 11) is 0. The van der Waals surface area contributed by atoms with Gasteiger partial charge in [-0.15, -0.1) is 0 Å². The molecule has 0 atom stereocenters. The Kier molecular flexibility index (Phi) is 7.48. The van der Waals surface area contributed by atoms with Crippen LogP contribution >= 0.6 is 11.6 Å². The minimum Gasteiger partial charge on any atom is -0.493 e. The van der Waals surface area contributed by atoms with Crippen molar-refractivity contribution in [1.29, 1.82) is 0 Å². The summed E-state index contributed by atoms with van der Waals surface area (Å²) in [5.74, 6) is 0.952. The Morgan fingerprint density at radius 1 is 1.12 bits per heavy atom. The smallest absolute Gasteiger partial charge is 0.272 e. The zero-order valence-electron chi connectivity index (χ0n) is 19.1. The molecule has 2 amide bonds. The fraction of sp³-hybridized carbons (Fsp3) is 0.520. The fourth-order valence-corrected chi connectivity index (χ4v) is 4.91. The molecule has 0 radical (unpaired) electrons. The van der Waals surface area contributed by atoms with Crippen molar-refractivity contribution in [1.82, 2.24) is 20.2 Å². The SMILES string of the molecule is Cc1nccc(C(=O)N2CCC3(CCCCCCOc4ccc(Cl)cc4C(=O)NC3)CC2)n1. The third-order valence-electron chi connectivity index (χ3n) is 6.78. The van der Waals surface area contributed by atoms with E-state index in [1.807, 2.05) is 4.90 Å². The van der Waals surface area contributed by atoms with Crippen LogP contribution in [0.2, 0.25) is 5.02 Å². The number of hydrogen-bond acceptors (Lipinski definition) is 5. The molecule has 1 fully saturated rings. The molecule has 2 aliphatic rings. The van der Waals surface area contributed by atoms with Crippen LogP contribution in [0.15, 0.2) is 30.5 Å². The first-order valence-corrected chi connectivity index (χ1v) is 12.1. The van der Waals surface area contributed by atoms with Crippen LogP contribution in [0.3, 0.4) is 0 Å². The molecular formula is C25H31ClN4O3. The van der Waals surface area contributed by atoms with E-state index in [1.54, 1.807) is 37.4 Å². The van der Waals surface area contributed by atoms with Gasteiger partial charge in [0.2, 0.25) is 0 Å². The minimum absolute atomic E-state index is 0.0261. The van der Waals surface area contributed by atoms with E-state index in [-0.39, 0.29) is 17.2 Å². The molecule has 4 rings (SSSR count). The number of carbonyl (C=O) groups excluding carboxylic acids is 2. The number of aryl methyl sites for hydroxylation is 1. The van der Waals surface area contributed by atoms with E-state index < -0.39 is 0 Å². The Bertz CT molecular complexity index is 1000. The van der Waals surface area contributed by atoms with Crippen molar-refractivity contribution in [3.8, 4) is 5.75 Å². The summed E-state index contributed by atoms with van der Waals surface area (Å²) in [6.45, 7) is 4.26. The predicted octanol–water partition coefficient (Wildman–Crippen LogP) is 4.43. The van der Waals surface area contributed by atoms with E-state index >= 15 is 0 Å². The molecule has 7 nitrogen and oxygen atoms in total. The number of fused-ring (bicyclic) bond motifs is 1. The topological polar surface area (TPSA) is 84.4 Å². The number of piperidine rings is 1. The monoisotopic (exact) mass is 470 g/mol. The first-order chi connectivity index (χ1) is 16.0. The Labute approximate surface area is 199 Å². The van der Waals surface area contributed by atoms with Crippen molar-refractivity contribution in [2.45, 2.75) is 51.9 Å². The van der Waals surface area contributed by atoms with Crippen molar-refractivity contribution < 1.29 is 14.3 Å². The summed E-state index contributed by atoms with van der Waals surface area (Å²) in [4.78, 5) is 36.2. The number of rotatable bonds is 1. The highest BCUT2D eigenvalue weighted by Gasteiger charge is 2.36. The number of amides is 2. The second kappa shape index (κ2) is 10.5. The molecule has 2 aromatic rings. The van der Waals surface area contributed by atoms with Crippen molar-refractivity contribution in [2.24, 2.45) is 5.41 Å². The maximum atomic E-state index is 13.0. The molecule has 1 aromatic carbocycles. The van der Waals surface area contributed by atoms with Gasteiger partial charge in [0, 0.05) is 30.9 Å². The lowest BCUT2D eigenvalue weighted by molar-refractivity contribution is 0.0530. The first kappa shape index (κ1) is 23.5. The summed E-state index contributed by atoms with van der Waals surface area (Å²) >= 11 is 6.16. The molecule has 176 valence electrons. The van der Waals surface area contributed by atoms with Gasteiger partial charge in [-0.05, 0) is 62.3 Å². The van der Waals surface area contributed by atoms with E-state index in [2.05, 4.69) is 15.3 Å². The number of nitrogens with one attached hydrogen (secondary N) is 1. The highest BCUT2D eigenvalue weighted by atomic mass is 35.5. The maximum absolute atomic E-state index is 13.0. The standard InChI is InChI=1S/C25H31ClN4O3/c1-18-27-12-8-21(29-18)24(32)30-13-10-25(11-14-30)9-4-2-3-5-15-33-22-7-6-19(26)16-20(22)23(31)28-17-25/h6-8,12,16H,2-5,9-11,13-15,17H2,1H3,(H,28,31). The van der Waals surface area contributed by atoms with Crippen molar-refractivity contribution in [3.05, 3.63) is 52.6 Å². The second-order valence-corrected chi connectivity index (χ2v) is 9.55. The molecular weight excluding hydrogens is 440 g/mol. The Morgan fingerprint density at radius 3 is 2.70 bits per heavy atom. The van der Waals surface area contributed by atoms with Crippen LogP contribution in [-0.4, -0.2) is 52.9 Å². The van der Waals surface area contributed by atoms with Crippen molar-refractivity contribution in [3.63, 3.8) is 0 Å². The fourth-order valence-electron chi connectivity index (χ4n) is 4.74. The summed E-state index contributed by atoms with van der Waals surface area (Å²) in [6, 6.07) is 6.86. The summed E-state index contributed by atoms with van der Waals surface area (Å²) in [6.07, 6.45) is 8.65. The lowest BCUT2D eigenvalue weighted by atomic mass is 9.74. The van der Waals surface area contributed by atoms with Gasteiger partial charge < -0.3 is 15.0 Å². The van der Waals surface area contributed by atoms with Gasteiger partial charge in [0.05, 0.1) is 12.2 Å². The zero-order valence-corrected chi connectivity index (χ0v) is 19.9. The lowest BCUT2D eigenvalue weighted by Gasteiger charge is -2.42. The largest absolute Gasteiger partial charge is 0.493 e. The average Bonchev–Trinajstić information content (AvgIpc) is 2.83. The number of halogens is 1. The van der Waals surface area contributed by atoms with Crippen LogP contribution in [-0.2, 0) is 0 Å². The first-order valence-electron chi connectivity index (χ1n) is 11.8. The van der Waals surface area contributed by atoms with E-state index in [9.17, 15) is 9.59 Å². The summed E-state index contributed by atoms with van der Waals surface area (Å²) in [5.41, 5.74) is 0.889. The summed E-state index contributed by atoms with van der Waals surface area (Å²) < 4.78 is 5.88. The van der Waals surface area contributed by atoms with Crippen LogP contribution in [0.4, 0.5) is 0 Å². The summed E-state index contributed by atoms with van der Waals surface area (Å²) in [5, 5.41) is 3.66. The van der Waals surface area contributed by atoms with Gasteiger partial charge >= 0.3 is 0 Å². The highest BCUT2D eigenvalue weighted by molar-refractivity contribution is 6.31. The van der Waals surface area contributed by atoms with E-state index in [1.165, 1.54) is 0 Å². The van der Waals surface area contributed by atoms with Gasteiger partial charge in [0.15, 0.2) is 0 Å². The second-order valence-electron chi connectivity index (χ2n) is 9.12. The predicted molar refractivity (Wildman–Crippen MR) is 127 cm³/mol. The molecule has 1 N–H and O–H groups in total. The van der Waals surface area contributed by atoms with E-state index in [0.717, 1.165) is 44.9 Å². The molecule has 0 saturated carbocycles. The van der Waals surface area contributed by atoms with Gasteiger partial charge in [-0.2, -0.15) is 0 Å². The lowest BCUT2D eigenvalue weighted by Crippen LogP contribution is -2.48. The number of aromatic nitrogens is 2. The number of likely N-dealkylation sites (tertiary alicyclic amines) is 1. The quantitative estimate of drug-likeness (QED) is 0.666. The normalized spacial score (nSPS) is 19.3. The highest BCUT2D eigenvalue weighted by Crippen LogP contribution is 2.37. The van der Waals surface area contributed by atoms with Gasteiger partial charge in [0.1, 0.15) is 17.3 Å². The van der Waals surface area contributed by atoms with E-state index in [4.69, 9.17) is 16.3 Å². The molecule has 3 heterocycles. The number of nitrogens with zero attached hydrogens (tertiary/aromatic N) is 3. The Hall–Kier alpha value is -2.67. The minimum atomic E-state index is -0.166. The van der Waals surface area contributed by atoms with Gasteiger partial charge in [0.25, 0.3) is 11.8 Å². The van der Waals surface area contributed by atoms with E-state index in [0.29, 0.717) is 54.1 Å². The van der Waals surface area contributed by atoms with Gasteiger partial charge in [-0.3, -0.25) is 9.59 Å². The zero-order chi connectivity index (χ0) is 23.3. The Morgan fingerprint density at radius 2 is 1.91 bits per heavy atom. The number of benzene rings is 1. The maximum Gasteiger partial charge on any atom is 0.272 e. The molecule has 2 aliphatic heterocycles. The molecule has 33 heavy (non-hydrogen) atoms. The molecule has 0 unspecified atom stereocenters. The molecule has 0 aliphatic carbocycles. The third-order valence-corrected chi connectivity index (χ3v) is 7.01. The van der Waals surface area contributed by atoms with Crippen molar-refractivity contribution in [2.75, 3.05) is 26.2 Å². The van der Waals surface area contributed by atoms with Crippen LogP contribution in [0.1, 0.15) is 71.6 Å². The molecule has 1 saturated heterocycles. The number of carbonyl (C=O) groups is 2. The van der Waals surface area contributed by atoms with Crippen LogP contribution < -0.4 is 10.1 Å². The van der Waals surface area contributed by atoms with Crippen LogP contribution in [0, 0.1) is 12.3 Å². The molecule has 8 heteroatoms. The van der Waals surface area contributed by atoms with Crippen LogP contribution in [0.5, 0.6) is 5.75 Å². The number of hydrogen-bond donors (Lipinski definition) is 1.